The van der Waals surface area contributed by atoms with E-state index in [0.29, 0.717) is 33.7 Å². The Morgan fingerprint density at radius 3 is 2.44 bits per heavy atom. The maximum absolute atomic E-state index is 14.6. The first-order chi connectivity index (χ1) is 20.4. The number of methoxy groups -OCH3 is 2. The van der Waals surface area contributed by atoms with Gasteiger partial charge in [-0.15, -0.1) is 0 Å². The molecule has 2 aromatic carbocycles. The topological polar surface area (TPSA) is 106 Å². The minimum atomic E-state index is -3.03. The van der Waals surface area contributed by atoms with E-state index in [1.807, 2.05) is 0 Å². The van der Waals surface area contributed by atoms with Crippen LogP contribution in [0.2, 0.25) is 0 Å². The Bertz CT molecular complexity index is 1570. The normalized spacial score (nSPS) is 15.3. The number of carbonyl (C=O) groups excluding carboxylic acids is 3. The molecule has 0 spiro atoms. The molecule has 13 heteroatoms. The van der Waals surface area contributed by atoms with Gasteiger partial charge >= 0.3 is 18.7 Å². The summed E-state index contributed by atoms with van der Waals surface area (Å²) in [7, 11) is 2.97. The van der Waals surface area contributed by atoms with E-state index >= 15 is 0 Å². The van der Waals surface area contributed by atoms with Crippen molar-refractivity contribution >= 4 is 23.8 Å². The van der Waals surface area contributed by atoms with Crippen LogP contribution in [0.5, 0.6) is 11.5 Å². The number of fused-ring (bicyclic) bond motifs is 1. The monoisotopic (exact) mass is 597 g/mol. The smallest absolute Gasteiger partial charge is 0.410 e. The van der Waals surface area contributed by atoms with E-state index in [-0.39, 0.29) is 37.7 Å². The lowest BCUT2D eigenvalue weighted by molar-refractivity contribution is -0.129. The first-order valence-electron chi connectivity index (χ1n) is 13.7. The first-order valence-corrected chi connectivity index (χ1v) is 13.7. The predicted molar refractivity (Wildman–Crippen MR) is 152 cm³/mol. The third kappa shape index (κ3) is 5.97. The zero-order chi connectivity index (χ0) is 31.1. The molecule has 0 unspecified atom stereocenters. The van der Waals surface area contributed by atoms with Gasteiger partial charge in [-0.1, -0.05) is 12.1 Å². The number of ether oxygens (including phenoxy) is 3. The molecule has 1 saturated heterocycles. The number of nitrogens with zero attached hydrogens (tertiary/aromatic N) is 5. The molecule has 11 nitrogen and oxygen atoms in total. The molecule has 0 radical (unpaired) electrons. The predicted octanol–water partition coefficient (Wildman–Crippen LogP) is 5.57. The SMILES string of the molecule is COc1ccc(CN2C(=O)CCN(c3cnc(-c4ccc5c(c4)CN(C(=O)OC(C)(C)C)C5)n3C(F)F)C2=O)c(OC)c1. The molecule has 43 heavy (non-hydrogen) atoms. The molecule has 5 rings (SSSR count). The molecule has 2 aliphatic rings. The molecule has 0 saturated carbocycles. The average Bonchev–Trinajstić information content (AvgIpc) is 3.59. The van der Waals surface area contributed by atoms with Crippen molar-refractivity contribution < 1.29 is 37.4 Å². The number of imidazole rings is 1. The van der Waals surface area contributed by atoms with E-state index in [4.69, 9.17) is 14.2 Å². The number of rotatable bonds is 7. The van der Waals surface area contributed by atoms with Gasteiger partial charge in [-0.25, -0.2) is 14.6 Å². The first kappa shape index (κ1) is 29.8. The Hall–Kier alpha value is -4.68. The molecule has 0 atom stereocenters. The maximum Gasteiger partial charge on any atom is 0.410 e. The van der Waals surface area contributed by atoms with Gasteiger partial charge in [0, 0.05) is 43.2 Å². The van der Waals surface area contributed by atoms with E-state index in [0.717, 1.165) is 20.9 Å². The fourth-order valence-corrected chi connectivity index (χ4v) is 5.16. The molecule has 2 aliphatic heterocycles. The third-order valence-corrected chi connectivity index (χ3v) is 7.22. The highest BCUT2D eigenvalue weighted by Gasteiger charge is 2.37. The van der Waals surface area contributed by atoms with Crippen LogP contribution in [0.15, 0.2) is 42.6 Å². The summed E-state index contributed by atoms with van der Waals surface area (Å²) in [5.41, 5.74) is 1.96. The van der Waals surface area contributed by atoms with Crippen molar-refractivity contribution in [1.82, 2.24) is 19.4 Å². The van der Waals surface area contributed by atoms with Crippen LogP contribution in [0, 0.1) is 0 Å². The Morgan fingerprint density at radius 1 is 1.02 bits per heavy atom. The lowest BCUT2D eigenvalue weighted by Crippen LogP contribution is -2.52. The fraction of sp³-hybridized carbons (Fsp3) is 0.400. The van der Waals surface area contributed by atoms with Gasteiger partial charge in [-0.2, -0.15) is 8.78 Å². The van der Waals surface area contributed by atoms with Gasteiger partial charge in [0.2, 0.25) is 5.91 Å². The van der Waals surface area contributed by atoms with Crippen molar-refractivity contribution in [3.8, 4) is 22.9 Å². The second kappa shape index (κ2) is 11.5. The number of imide groups is 1. The molecular weight excluding hydrogens is 564 g/mol. The number of halogens is 2. The number of benzene rings is 2. The summed E-state index contributed by atoms with van der Waals surface area (Å²) in [5.74, 6) is 0.340. The van der Waals surface area contributed by atoms with Crippen molar-refractivity contribution in [3.05, 3.63) is 59.3 Å². The molecule has 4 amide bonds. The van der Waals surface area contributed by atoms with Crippen molar-refractivity contribution in [2.75, 3.05) is 25.7 Å². The fourth-order valence-electron chi connectivity index (χ4n) is 5.16. The second-order valence-corrected chi connectivity index (χ2v) is 11.2. The van der Waals surface area contributed by atoms with Crippen LogP contribution in [0.3, 0.4) is 0 Å². The molecule has 3 heterocycles. The average molecular weight is 598 g/mol. The van der Waals surface area contributed by atoms with Gasteiger partial charge in [-0.3, -0.25) is 24.1 Å². The van der Waals surface area contributed by atoms with Gasteiger partial charge < -0.3 is 14.2 Å². The summed E-state index contributed by atoms with van der Waals surface area (Å²) in [6.07, 6.45) is 0.686. The molecule has 1 aromatic heterocycles. The number of hydrogen-bond acceptors (Lipinski definition) is 7. The van der Waals surface area contributed by atoms with E-state index in [1.165, 1.54) is 20.4 Å². The quantitative estimate of drug-likeness (QED) is 0.351. The lowest BCUT2D eigenvalue weighted by atomic mass is 10.1. The molecule has 0 bridgehead atoms. The van der Waals surface area contributed by atoms with E-state index < -0.39 is 30.2 Å². The van der Waals surface area contributed by atoms with Crippen LogP contribution in [0.4, 0.5) is 24.2 Å². The summed E-state index contributed by atoms with van der Waals surface area (Å²) in [6, 6.07) is 9.39. The molecular formula is C30H33F2N5O6. The molecule has 3 aromatic rings. The summed E-state index contributed by atoms with van der Waals surface area (Å²) in [5, 5.41) is 0. The number of alkyl halides is 2. The highest BCUT2D eigenvalue weighted by atomic mass is 19.3. The number of carbonyl (C=O) groups is 3. The highest BCUT2D eigenvalue weighted by Crippen LogP contribution is 2.35. The van der Waals surface area contributed by atoms with Gasteiger partial charge in [0.05, 0.1) is 27.0 Å². The van der Waals surface area contributed by atoms with Crippen LogP contribution < -0.4 is 14.4 Å². The van der Waals surface area contributed by atoms with Gasteiger partial charge in [0.25, 0.3) is 0 Å². The minimum absolute atomic E-state index is 0.0448. The standard InChI is InChI=1S/C30H33F2N5O6/c1-30(2,3)43-29(40)34-15-19-7-6-18(12-21(19)16-34)26-33-14-24(37(26)27(31)32)35-11-10-25(38)36(28(35)39)17-20-8-9-22(41-4)13-23(20)42-5/h6-9,12-14,27H,10-11,15-17H2,1-5H3. The minimum Gasteiger partial charge on any atom is -0.497 e. The zero-order valence-electron chi connectivity index (χ0n) is 24.6. The van der Waals surface area contributed by atoms with Crippen LogP contribution >= 0.6 is 0 Å². The summed E-state index contributed by atoms with van der Waals surface area (Å²) in [4.78, 5) is 46.9. The molecule has 0 aliphatic carbocycles. The van der Waals surface area contributed by atoms with E-state index in [1.54, 1.807) is 62.1 Å². The molecule has 0 N–H and O–H groups in total. The van der Waals surface area contributed by atoms with Gasteiger partial charge in [0.1, 0.15) is 28.7 Å². The zero-order valence-corrected chi connectivity index (χ0v) is 24.6. The van der Waals surface area contributed by atoms with Crippen LogP contribution in [-0.4, -0.2) is 63.7 Å². The lowest BCUT2D eigenvalue weighted by Gasteiger charge is -2.34. The van der Waals surface area contributed by atoms with E-state index in [9.17, 15) is 23.2 Å². The Morgan fingerprint density at radius 2 is 1.77 bits per heavy atom. The summed E-state index contributed by atoms with van der Waals surface area (Å²) < 4.78 is 45.9. The van der Waals surface area contributed by atoms with Crippen LogP contribution in [0.25, 0.3) is 11.4 Å². The number of hydrogen-bond donors (Lipinski definition) is 0. The maximum atomic E-state index is 14.6. The Balaban J connectivity index is 1.41. The number of aromatic nitrogens is 2. The number of amides is 4. The summed E-state index contributed by atoms with van der Waals surface area (Å²) in [6.45, 7) is 2.72. The molecule has 1 fully saturated rings. The van der Waals surface area contributed by atoms with Crippen LogP contribution in [0.1, 0.15) is 50.4 Å². The second-order valence-electron chi connectivity index (χ2n) is 11.2. The van der Waals surface area contributed by atoms with Crippen molar-refractivity contribution in [2.45, 2.75) is 59.0 Å². The third-order valence-electron chi connectivity index (χ3n) is 7.22. The van der Waals surface area contributed by atoms with Gasteiger partial charge in [0.15, 0.2) is 0 Å². The van der Waals surface area contributed by atoms with E-state index in [2.05, 4.69) is 4.98 Å². The van der Waals surface area contributed by atoms with Crippen molar-refractivity contribution in [2.24, 2.45) is 0 Å². The summed E-state index contributed by atoms with van der Waals surface area (Å²) >= 11 is 0. The Labute approximate surface area is 247 Å². The molecule has 228 valence electrons. The Kier molecular flexibility index (Phi) is 8.00. The van der Waals surface area contributed by atoms with Crippen molar-refractivity contribution in [1.29, 1.82) is 0 Å². The number of urea groups is 1. The van der Waals surface area contributed by atoms with Gasteiger partial charge in [-0.05, 0) is 50.1 Å². The largest absolute Gasteiger partial charge is 0.497 e. The number of anilines is 1. The van der Waals surface area contributed by atoms with Crippen LogP contribution in [-0.2, 0) is 29.2 Å². The highest BCUT2D eigenvalue weighted by molar-refractivity contribution is 6.05. The van der Waals surface area contributed by atoms with Crippen molar-refractivity contribution in [3.63, 3.8) is 0 Å².